The van der Waals surface area contributed by atoms with Crippen molar-refractivity contribution in [3.8, 4) is 11.1 Å². The fraction of sp³-hybridized carbons (Fsp3) is 0.263. The molecule has 0 radical (unpaired) electrons. The predicted molar refractivity (Wildman–Crippen MR) is 86.3 cm³/mol. The third-order valence-corrected chi connectivity index (χ3v) is 4.31. The molecule has 1 fully saturated rings. The number of amides is 1. The Balaban J connectivity index is 1.75. The summed E-state index contributed by atoms with van der Waals surface area (Å²) in [5, 5.41) is 2.80. The lowest BCUT2D eigenvalue weighted by Crippen LogP contribution is -2.31. The smallest absolute Gasteiger partial charge is 0.233 e. The van der Waals surface area contributed by atoms with Crippen molar-refractivity contribution in [3.05, 3.63) is 60.2 Å². The SMILES string of the molecule is CC1(C)C(=O)N[C@H](Cc2ccc(-c3ccccc3)cc2)C1=O. The molecule has 3 heteroatoms. The summed E-state index contributed by atoms with van der Waals surface area (Å²) in [5.74, 6) is -0.201. The van der Waals surface area contributed by atoms with Gasteiger partial charge in [0.25, 0.3) is 0 Å². The zero-order chi connectivity index (χ0) is 15.7. The van der Waals surface area contributed by atoms with Crippen LogP contribution in [0.15, 0.2) is 54.6 Å². The molecule has 3 rings (SSSR count). The number of ketones is 1. The van der Waals surface area contributed by atoms with Gasteiger partial charge in [-0.3, -0.25) is 9.59 Å². The second kappa shape index (κ2) is 5.41. The van der Waals surface area contributed by atoms with Crippen LogP contribution in [-0.4, -0.2) is 17.7 Å². The maximum Gasteiger partial charge on any atom is 0.233 e. The van der Waals surface area contributed by atoms with Crippen LogP contribution in [0.5, 0.6) is 0 Å². The molecule has 3 nitrogen and oxygen atoms in total. The van der Waals surface area contributed by atoms with Crippen LogP contribution in [-0.2, 0) is 16.0 Å². The van der Waals surface area contributed by atoms with Crippen molar-refractivity contribution < 1.29 is 9.59 Å². The summed E-state index contributed by atoms with van der Waals surface area (Å²) < 4.78 is 0. The van der Waals surface area contributed by atoms with Gasteiger partial charge in [-0.25, -0.2) is 0 Å². The lowest BCUT2D eigenvalue weighted by molar-refractivity contribution is -0.133. The third-order valence-electron chi connectivity index (χ3n) is 4.31. The maximum atomic E-state index is 12.2. The first kappa shape index (κ1) is 14.5. The van der Waals surface area contributed by atoms with Gasteiger partial charge in [0.15, 0.2) is 5.78 Å². The normalized spacial score (nSPS) is 20.0. The van der Waals surface area contributed by atoms with E-state index in [0.717, 1.165) is 11.1 Å². The molecule has 1 saturated heterocycles. The highest BCUT2D eigenvalue weighted by molar-refractivity contribution is 6.13. The molecule has 1 heterocycles. The van der Waals surface area contributed by atoms with Crippen molar-refractivity contribution >= 4 is 11.7 Å². The van der Waals surface area contributed by atoms with Gasteiger partial charge in [-0.15, -0.1) is 0 Å². The summed E-state index contributed by atoms with van der Waals surface area (Å²) in [5.41, 5.74) is 2.46. The largest absolute Gasteiger partial charge is 0.345 e. The average Bonchev–Trinajstić information content (AvgIpc) is 2.72. The van der Waals surface area contributed by atoms with E-state index < -0.39 is 11.5 Å². The van der Waals surface area contributed by atoms with Crippen molar-refractivity contribution in [2.24, 2.45) is 5.41 Å². The van der Waals surface area contributed by atoms with Gasteiger partial charge >= 0.3 is 0 Å². The molecule has 0 spiro atoms. The second-order valence-electron chi connectivity index (χ2n) is 6.28. The zero-order valence-corrected chi connectivity index (χ0v) is 12.8. The molecule has 1 N–H and O–H groups in total. The highest BCUT2D eigenvalue weighted by Crippen LogP contribution is 2.27. The van der Waals surface area contributed by atoms with Crippen LogP contribution in [0.3, 0.4) is 0 Å². The first-order chi connectivity index (χ1) is 10.5. The summed E-state index contributed by atoms with van der Waals surface area (Å²) in [6.07, 6.45) is 0.545. The minimum absolute atomic E-state index is 0.0235. The fourth-order valence-electron chi connectivity index (χ4n) is 2.79. The molecule has 0 saturated carbocycles. The molecule has 0 bridgehead atoms. The van der Waals surface area contributed by atoms with Crippen LogP contribution in [0.25, 0.3) is 11.1 Å². The molecule has 0 aromatic heterocycles. The Morgan fingerprint density at radius 3 is 2.05 bits per heavy atom. The number of Topliss-reactive ketones (excluding diaryl/α,β-unsaturated/α-hetero) is 1. The predicted octanol–water partition coefficient (Wildman–Crippen LogP) is 2.99. The molecular weight excluding hydrogens is 274 g/mol. The first-order valence-electron chi connectivity index (χ1n) is 7.48. The number of hydrogen-bond donors (Lipinski definition) is 1. The zero-order valence-electron chi connectivity index (χ0n) is 12.8. The molecule has 1 amide bonds. The van der Waals surface area contributed by atoms with E-state index in [2.05, 4.69) is 29.6 Å². The van der Waals surface area contributed by atoms with Gasteiger partial charge in [0.05, 0.1) is 6.04 Å². The van der Waals surface area contributed by atoms with Crippen LogP contribution in [0.4, 0.5) is 0 Å². The van der Waals surface area contributed by atoms with Gasteiger partial charge in [-0.1, -0.05) is 54.6 Å². The molecule has 1 atom stereocenters. The van der Waals surface area contributed by atoms with Gasteiger partial charge in [-0.05, 0) is 37.0 Å². The van der Waals surface area contributed by atoms with Crippen LogP contribution < -0.4 is 5.32 Å². The Labute approximate surface area is 130 Å². The second-order valence-corrected chi connectivity index (χ2v) is 6.28. The highest BCUT2D eigenvalue weighted by atomic mass is 16.2. The van der Waals surface area contributed by atoms with Crippen molar-refractivity contribution in [1.29, 1.82) is 0 Å². The molecule has 1 aliphatic rings. The fourth-order valence-corrected chi connectivity index (χ4v) is 2.79. The molecule has 1 aliphatic heterocycles. The quantitative estimate of drug-likeness (QED) is 0.884. The minimum atomic E-state index is -0.908. The standard InChI is InChI=1S/C19H19NO2/c1-19(2)17(21)16(20-18(19)22)12-13-8-10-15(11-9-13)14-6-4-3-5-7-14/h3-11,16H,12H2,1-2H3,(H,20,22)/t16-/m1/s1. The molecule has 2 aromatic rings. The van der Waals surface area contributed by atoms with Crippen LogP contribution >= 0.6 is 0 Å². The maximum absolute atomic E-state index is 12.2. The van der Waals surface area contributed by atoms with Crippen molar-refractivity contribution in [2.45, 2.75) is 26.3 Å². The summed E-state index contributed by atoms with van der Waals surface area (Å²) in [6.45, 7) is 3.37. The third kappa shape index (κ3) is 2.54. The van der Waals surface area contributed by atoms with E-state index in [1.807, 2.05) is 30.3 Å². The van der Waals surface area contributed by atoms with Crippen LogP contribution in [0.1, 0.15) is 19.4 Å². The van der Waals surface area contributed by atoms with E-state index >= 15 is 0 Å². The summed E-state index contributed by atoms with van der Waals surface area (Å²) >= 11 is 0. The molecular formula is C19H19NO2. The minimum Gasteiger partial charge on any atom is -0.345 e. The summed E-state index contributed by atoms with van der Waals surface area (Å²) in [7, 11) is 0. The first-order valence-corrected chi connectivity index (χ1v) is 7.48. The summed E-state index contributed by atoms with van der Waals surface area (Å²) in [6, 6.07) is 17.9. The molecule has 0 aliphatic carbocycles. The van der Waals surface area contributed by atoms with Gasteiger partial charge in [0, 0.05) is 0 Å². The number of nitrogens with one attached hydrogen (secondary N) is 1. The molecule has 2 aromatic carbocycles. The van der Waals surface area contributed by atoms with Gasteiger partial charge in [0.2, 0.25) is 5.91 Å². The van der Waals surface area contributed by atoms with Crippen molar-refractivity contribution in [3.63, 3.8) is 0 Å². The Kier molecular flexibility index (Phi) is 3.57. The lowest BCUT2D eigenvalue weighted by atomic mass is 9.86. The molecule has 112 valence electrons. The lowest BCUT2D eigenvalue weighted by Gasteiger charge is -2.12. The highest BCUT2D eigenvalue weighted by Gasteiger charge is 2.47. The van der Waals surface area contributed by atoms with E-state index in [1.54, 1.807) is 13.8 Å². The van der Waals surface area contributed by atoms with E-state index in [9.17, 15) is 9.59 Å². The number of carbonyl (C=O) groups is 2. The number of hydrogen-bond acceptors (Lipinski definition) is 2. The number of rotatable bonds is 3. The Morgan fingerprint density at radius 1 is 0.909 bits per heavy atom. The van der Waals surface area contributed by atoms with Crippen LogP contribution in [0, 0.1) is 5.41 Å². The van der Waals surface area contributed by atoms with Crippen molar-refractivity contribution in [1.82, 2.24) is 5.32 Å². The van der Waals surface area contributed by atoms with Crippen LogP contribution in [0.2, 0.25) is 0 Å². The summed E-state index contributed by atoms with van der Waals surface area (Å²) in [4.78, 5) is 24.1. The van der Waals surface area contributed by atoms with E-state index in [1.165, 1.54) is 5.56 Å². The molecule has 22 heavy (non-hydrogen) atoms. The van der Waals surface area contributed by atoms with E-state index in [-0.39, 0.29) is 11.7 Å². The number of carbonyl (C=O) groups excluding carboxylic acids is 2. The molecule has 0 unspecified atom stereocenters. The van der Waals surface area contributed by atoms with Crippen molar-refractivity contribution in [2.75, 3.05) is 0 Å². The van der Waals surface area contributed by atoms with Gasteiger partial charge < -0.3 is 5.32 Å². The van der Waals surface area contributed by atoms with Gasteiger partial charge in [0.1, 0.15) is 5.41 Å². The Morgan fingerprint density at radius 2 is 1.50 bits per heavy atom. The Bertz CT molecular complexity index is 702. The monoisotopic (exact) mass is 293 g/mol. The average molecular weight is 293 g/mol. The van der Waals surface area contributed by atoms with E-state index in [4.69, 9.17) is 0 Å². The Hall–Kier alpha value is -2.42. The van der Waals surface area contributed by atoms with E-state index in [0.29, 0.717) is 6.42 Å². The topological polar surface area (TPSA) is 46.2 Å². The number of benzene rings is 2. The van der Waals surface area contributed by atoms with Gasteiger partial charge in [-0.2, -0.15) is 0 Å².